The Balaban J connectivity index is 2.05. The number of carbonyl (C=O) groups is 1. The summed E-state index contributed by atoms with van der Waals surface area (Å²) in [4.78, 5) is 11.8. The monoisotopic (exact) mass is 303 g/mol. The van der Waals surface area contributed by atoms with Crippen molar-refractivity contribution >= 4 is 13.0 Å². The van der Waals surface area contributed by atoms with Crippen LogP contribution in [-0.4, -0.2) is 34.2 Å². The molecule has 1 heterocycles. The minimum Gasteiger partial charge on any atom is -0.534 e. The molecule has 0 bridgehead atoms. The van der Waals surface area contributed by atoms with Gasteiger partial charge in [-0.05, 0) is 18.4 Å². The number of amides is 1. The van der Waals surface area contributed by atoms with Gasteiger partial charge in [0.15, 0.2) is 6.29 Å². The molecule has 0 radical (unpaired) electrons. The maximum Gasteiger partial charge on any atom is 0.547 e. The first-order valence-corrected chi connectivity index (χ1v) is 7.08. The molecule has 1 atom stereocenters. The van der Waals surface area contributed by atoms with Gasteiger partial charge in [0.25, 0.3) is 0 Å². The van der Waals surface area contributed by atoms with Crippen LogP contribution in [-0.2, 0) is 11.2 Å². The molecule has 0 fully saturated rings. The third kappa shape index (κ3) is 3.80. The van der Waals surface area contributed by atoms with Gasteiger partial charge < -0.3 is 25.2 Å². The summed E-state index contributed by atoms with van der Waals surface area (Å²) < 4.78 is 5.35. The largest absolute Gasteiger partial charge is 0.547 e. The predicted octanol–water partition coefficient (Wildman–Crippen LogP) is -0.0873. The Morgan fingerprint density at radius 2 is 2.32 bits per heavy atom. The van der Waals surface area contributed by atoms with Gasteiger partial charge in [0, 0.05) is 18.4 Å². The number of unbranched alkanes of at least 4 members (excludes halogenated alkanes) is 1. The molecule has 2 rings (SSSR count). The SMILES string of the molecule is C#CCCCC(=O)N[C@H]1Cc2cccc(C(O)O)c2OB1O. The molecule has 0 unspecified atom stereocenters. The Kier molecular flexibility index (Phi) is 5.44. The molecule has 4 N–H and O–H groups in total. The summed E-state index contributed by atoms with van der Waals surface area (Å²) in [6, 6.07) is 4.93. The number of fused-ring (bicyclic) bond motifs is 1. The van der Waals surface area contributed by atoms with E-state index in [0.717, 1.165) is 0 Å². The van der Waals surface area contributed by atoms with Crippen molar-refractivity contribution in [2.45, 2.75) is 37.9 Å². The highest BCUT2D eigenvalue weighted by Crippen LogP contribution is 2.32. The van der Waals surface area contributed by atoms with Crippen LogP contribution < -0.4 is 9.97 Å². The summed E-state index contributed by atoms with van der Waals surface area (Å²) in [5.41, 5.74) is 0.889. The van der Waals surface area contributed by atoms with Crippen molar-refractivity contribution in [1.29, 1.82) is 0 Å². The van der Waals surface area contributed by atoms with Crippen molar-refractivity contribution in [3.63, 3.8) is 0 Å². The summed E-state index contributed by atoms with van der Waals surface area (Å²) in [5, 5.41) is 31.3. The summed E-state index contributed by atoms with van der Waals surface area (Å²) in [7, 11) is -1.25. The molecule has 1 aromatic rings. The molecule has 1 amide bonds. The first-order valence-electron chi connectivity index (χ1n) is 7.08. The summed E-state index contributed by atoms with van der Waals surface area (Å²) in [6.07, 6.45) is 5.19. The molecule has 1 aromatic carbocycles. The van der Waals surface area contributed by atoms with Crippen LogP contribution in [0.2, 0.25) is 0 Å². The van der Waals surface area contributed by atoms with Gasteiger partial charge in [0.1, 0.15) is 5.75 Å². The zero-order chi connectivity index (χ0) is 16.1. The molecule has 6 nitrogen and oxygen atoms in total. The van der Waals surface area contributed by atoms with E-state index in [0.29, 0.717) is 24.8 Å². The van der Waals surface area contributed by atoms with E-state index in [-0.39, 0.29) is 23.6 Å². The quantitative estimate of drug-likeness (QED) is 0.264. The normalized spacial score (nSPS) is 16.7. The minimum atomic E-state index is -1.68. The highest BCUT2D eigenvalue weighted by molar-refractivity contribution is 6.46. The van der Waals surface area contributed by atoms with E-state index >= 15 is 0 Å². The lowest BCUT2D eigenvalue weighted by molar-refractivity contribution is -0.121. The van der Waals surface area contributed by atoms with E-state index < -0.39 is 19.3 Å². The van der Waals surface area contributed by atoms with Crippen LogP contribution in [0.5, 0.6) is 5.75 Å². The Morgan fingerprint density at radius 1 is 1.55 bits per heavy atom. The van der Waals surface area contributed by atoms with Gasteiger partial charge in [-0.15, -0.1) is 12.3 Å². The van der Waals surface area contributed by atoms with Crippen LogP contribution in [0.1, 0.15) is 36.7 Å². The molecular weight excluding hydrogens is 285 g/mol. The molecule has 1 aliphatic rings. The highest BCUT2D eigenvalue weighted by Gasteiger charge is 2.37. The molecule has 1 aliphatic heterocycles. The van der Waals surface area contributed by atoms with Crippen LogP contribution in [0.15, 0.2) is 18.2 Å². The number of terminal acetylenes is 1. The van der Waals surface area contributed by atoms with Crippen molar-refractivity contribution in [3.05, 3.63) is 29.3 Å². The van der Waals surface area contributed by atoms with Crippen LogP contribution in [0, 0.1) is 12.3 Å². The molecule has 22 heavy (non-hydrogen) atoms. The number of aliphatic hydroxyl groups excluding tert-OH is 1. The van der Waals surface area contributed by atoms with Gasteiger partial charge in [0.05, 0.1) is 5.94 Å². The van der Waals surface area contributed by atoms with E-state index in [2.05, 4.69) is 11.2 Å². The van der Waals surface area contributed by atoms with Crippen LogP contribution in [0.3, 0.4) is 0 Å². The molecule has 0 aromatic heterocycles. The lowest BCUT2D eigenvalue weighted by Crippen LogP contribution is -2.53. The minimum absolute atomic E-state index is 0.190. The average molecular weight is 303 g/mol. The predicted molar refractivity (Wildman–Crippen MR) is 80.5 cm³/mol. The molecule has 7 heteroatoms. The fraction of sp³-hybridized carbons (Fsp3) is 0.400. The second kappa shape index (κ2) is 7.32. The van der Waals surface area contributed by atoms with Gasteiger partial charge >= 0.3 is 7.12 Å². The number of hydrogen-bond donors (Lipinski definition) is 4. The summed E-state index contributed by atoms with van der Waals surface area (Å²) in [5.74, 6) is 1.93. The molecule has 0 aliphatic carbocycles. The number of aliphatic hydroxyl groups is 2. The Labute approximate surface area is 129 Å². The topological polar surface area (TPSA) is 99.0 Å². The fourth-order valence-corrected chi connectivity index (χ4v) is 2.41. The maximum atomic E-state index is 11.8. The Morgan fingerprint density at radius 3 is 3.00 bits per heavy atom. The van der Waals surface area contributed by atoms with Crippen molar-refractivity contribution < 1.29 is 24.7 Å². The summed E-state index contributed by atoms with van der Waals surface area (Å²) in [6.45, 7) is 0. The van der Waals surface area contributed by atoms with Crippen molar-refractivity contribution in [1.82, 2.24) is 5.32 Å². The zero-order valence-corrected chi connectivity index (χ0v) is 12.0. The second-order valence-electron chi connectivity index (χ2n) is 5.15. The standard InChI is InChI=1S/C15H18BNO5/c1-2-3-4-8-13(18)17-12-9-10-6-5-7-11(15(19)20)14(10)22-16(12)21/h1,5-7,12,15,19-21H,3-4,8-9H2,(H,17,18)/t12-/m0/s1. The second-order valence-corrected chi connectivity index (χ2v) is 5.15. The van der Waals surface area contributed by atoms with Gasteiger partial charge in [-0.2, -0.15) is 0 Å². The van der Waals surface area contributed by atoms with E-state index in [1.165, 1.54) is 6.07 Å². The third-order valence-corrected chi connectivity index (χ3v) is 3.50. The number of carbonyl (C=O) groups excluding carboxylic acids is 1. The number of benzene rings is 1. The van der Waals surface area contributed by atoms with Gasteiger partial charge in [-0.1, -0.05) is 18.2 Å². The van der Waals surface area contributed by atoms with Crippen LogP contribution >= 0.6 is 0 Å². The third-order valence-electron chi connectivity index (χ3n) is 3.50. The Bertz CT molecular complexity index is 584. The fourth-order valence-electron chi connectivity index (χ4n) is 2.41. The van der Waals surface area contributed by atoms with Gasteiger partial charge in [0.2, 0.25) is 5.91 Å². The van der Waals surface area contributed by atoms with E-state index in [1.807, 2.05) is 0 Å². The van der Waals surface area contributed by atoms with Crippen molar-refractivity contribution in [3.8, 4) is 18.1 Å². The van der Waals surface area contributed by atoms with Crippen molar-refractivity contribution in [2.75, 3.05) is 0 Å². The molecule has 0 saturated carbocycles. The van der Waals surface area contributed by atoms with E-state index in [1.54, 1.807) is 12.1 Å². The number of nitrogens with one attached hydrogen (secondary N) is 1. The average Bonchev–Trinajstić information content (AvgIpc) is 2.47. The zero-order valence-electron chi connectivity index (χ0n) is 12.0. The lowest BCUT2D eigenvalue weighted by Gasteiger charge is -2.29. The number of hydrogen-bond acceptors (Lipinski definition) is 5. The van der Waals surface area contributed by atoms with Crippen LogP contribution in [0.25, 0.3) is 0 Å². The summed E-state index contributed by atoms with van der Waals surface area (Å²) >= 11 is 0. The first-order chi connectivity index (χ1) is 10.5. The molecule has 0 saturated heterocycles. The number of rotatable bonds is 5. The van der Waals surface area contributed by atoms with Gasteiger partial charge in [-0.3, -0.25) is 4.79 Å². The van der Waals surface area contributed by atoms with Crippen LogP contribution in [0.4, 0.5) is 0 Å². The molecule has 0 spiro atoms. The molecule has 116 valence electrons. The smallest absolute Gasteiger partial charge is 0.534 e. The van der Waals surface area contributed by atoms with Gasteiger partial charge in [-0.25, -0.2) is 0 Å². The number of para-hydroxylation sites is 1. The van der Waals surface area contributed by atoms with E-state index in [9.17, 15) is 20.0 Å². The Hall–Kier alpha value is -2.01. The maximum absolute atomic E-state index is 11.8. The highest BCUT2D eigenvalue weighted by atomic mass is 16.5. The van der Waals surface area contributed by atoms with Crippen molar-refractivity contribution in [2.24, 2.45) is 0 Å². The molecular formula is C15H18BNO5. The van der Waals surface area contributed by atoms with E-state index in [4.69, 9.17) is 11.1 Å². The first kappa shape index (κ1) is 16.4. The lowest BCUT2D eigenvalue weighted by atomic mass is 9.72.